The Hall–Kier alpha value is -1.22. The molecule has 98 valence electrons. The fourth-order valence-electron chi connectivity index (χ4n) is 2.22. The Morgan fingerprint density at radius 2 is 2.00 bits per heavy atom. The van der Waals surface area contributed by atoms with Crippen LogP contribution in [0.25, 0.3) is 11.0 Å². The highest BCUT2D eigenvalue weighted by Gasteiger charge is 2.16. The predicted molar refractivity (Wildman–Crippen MR) is 76.2 cm³/mol. The van der Waals surface area contributed by atoms with Crippen molar-refractivity contribution < 1.29 is 0 Å². The molecular formula is C14H19ClN2O. The Morgan fingerprint density at radius 3 is 2.72 bits per heavy atom. The fraction of sp³-hybridized carbons (Fsp3) is 0.500. The molecule has 2 aromatic rings. The van der Waals surface area contributed by atoms with Gasteiger partial charge in [0.1, 0.15) is 0 Å². The van der Waals surface area contributed by atoms with Crippen LogP contribution in [-0.2, 0) is 0 Å². The van der Waals surface area contributed by atoms with Crippen molar-refractivity contribution in [3.8, 4) is 0 Å². The van der Waals surface area contributed by atoms with E-state index in [0.29, 0.717) is 5.92 Å². The minimum atomic E-state index is -0.174. The maximum atomic E-state index is 11.2. The Bertz CT molecular complexity index is 572. The lowest BCUT2D eigenvalue weighted by Gasteiger charge is -2.18. The number of hydrogen-bond acceptors (Lipinski definition) is 1. The van der Waals surface area contributed by atoms with Crippen molar-refractivity contribution in [2.75, 3.05) is 0 Å². The number of rotatable bonds is 5. The maximum Gasteiger partial charge on any atom is 0.323 e. The van der Waals surface area contributed by atoms with Crippen LogP contribution in [0.2, 0.25) is 0 Å². The molecule has 2 rings (SSSR count). The third-order valence-corrected chi connectivity index (χ3v) is 4.05. The molecule has 0 amide bonds. The van der Waals surface area contributed by atoms with Crippen LogP contribution in [0.4, 0.5) is 0 Å². The van der Waals surface area contributed by atoms with E-state index >= 15 is 0 Å². The van der Waals surface area contributed by atoms with Gasteiger partial charge in [-0.25, -0.2) is 4.79 Å². The van der Waals surface area contributed by atoms with Gasteiger partial charge in [-0.15, -0.1) is 11.6 Å². The third kappa shape index (κ3) is 2.78. The third-order valence-electron chi connectivity index (χ3n) is 3.37. The standard InChI is InChI=1S/C14H19ClN2O/c1-3-4-5-9(2)13(15)10-6-7-11-12(8-10)17-14(18)16-11/h6-9,13H,3-5H2,1-2H3,(H2,16,17,18). The molecule has 0 fully saturated rings. The average Bonchev–Trinajstić information content (AvgIpc) is 2.73. The summed E-state index contributed by atoms with van der Waals surface area (Å²) < 4.78 is 0. The van der Waals surface area contributed by atoms with Gasteiger partial charge in [-0.3, -0.25) is 0 Å². The smallest absolute Gasteiger partial charge is 0.306 e. The molecule has 4 heteroatoms. The first-order valence-electron chi connectivity index (χ1n) is 6.48. The highest BCUT2D eigenvalue weighted by atomic mass is 35.5. The van der Waals surface area contributed by atoms with E-state index in [1.807, 2.05) is 18.2 Å². The number of benzene rings is 1. The van der Waals surface area contributed by atoms with Crippen LogP contribution in [0.15, 0.2) is 23.0 Å². The molecular weight excluding hydrogens is 248 g/mol. The Kier molecular flexibility index (Phi) is 4.12. The number of hydrogen-bond donors (Lipinski definition) is 2. The summed E-state index contributed by atoms with van der Waals surface area (Å²) in [4.78, 5) is 16.7. The molecule has 3 nitrogen and oxygen atoms in total. The molecule has 0 aliphatic rings. The lowest BCUT2D eigenvalue weighted by Crippen LogP contribution is -2.04. The number of nitrogens with one attached hydrogen (secondary N) is 2. The molecule has 0 spiro atoms. The summed E-state index contributed by atoms with van der Waals surface area (Å²) in [6, 6.07) is 5.87. The first kappa shape index (κ1) is 13.2. The van der Waals surface area contributed by atoms with E-state index in [0.717, 1.165) is 23.0 Å². The van der Waals surface area contributed by atoms with Crippen molar-refractivity contribution in [1.82, 2.24) is 9.97 Å². The van der Waals surface area contributed by atoms with Crippen molar-refractivity contribution in [3.63, 3.8) is 0 Å². The van der Waals surface area contributed by atoms with Crippen LogP contribution in [0.3, 0.4) is 0 Å². The zero-order chi connectivity index (χ0) is 13.1. The quantitative estimate of drug-likeness (QED) is 0.791. The molecule has 0 saturated carbocycles. The SMILES string of the molecule is CCCCC(C)C(Cl)c1ccc2[nH]c(=O)[nH]c2c1. The number of aromatic nitrogens is 2. The first-order valence-corrected chi connectivity index (χ1v) is 6.91. The zero-order valence-electron chi connectivity index (χ0n) is 10.8. The van der Waals surface area contributed by atoms with E-state index in [4.69, 9.17) is 11.6 Å². The Balaban J connectivity index is 2.21. The molecule has 0 radical (unpaired) electrons. The minimum Gasteiger partial charge on any atom is -0.306 e. The Labute approximate surface area is 112 Å². The molecule has 18 heavy (non-hydrogen) atoms. The highest BCUT2D eigenvalue weighted by molar-refractivity contribution is 6.21. The van der Waals surface area contributed by atoms with Gasteiger partial charge in [0.2, 0.25) is 0 Å². The van der Waals surface area contributed by atoms with Crippen molar-refractivity contribution in [3.05, 3.63) is 34.2 Å². The fourth-order valence-corrected chi connectivity index (χ4v) is 2.48. The lowest BCUT2D eigenvalue weighted by molar-refractivity contribution is 0.490. The molecule has 0 aliphatic heterocycles. The predicted octanol–water partition coefficient (Wildman–Crippen LogP) is 3.96. The summed E-state index contributed by atoms with van der Waals surface area (Å²) in [6.07, 6.45) is 3.53. The molecule has 1 aromatic heterocycles. The van der Waals surface area contributed by atoms with Crippen molar-refractivity contribution >= 4 is 22.6 Å². The van der Waals surface area contributed by atoms with Crippen LogP contribution in [0.5, 0.6) is 0 Å². The van der Waals surface area contributed by atoms with Gasteiger partial charge in [0.25, 0.3) is 0 Å². The largest absolute Gasteiger partial charge is 0.323 e. The maximum absolute atomic E-state index is 11.2. The summed E-state index contributed by atoms with van der Waals surface area (Å²) in [6.45, 7) is 4.37. The van der Waals surface area contributed by atoms with Crippen LogP contribution in [0.1, 0.15) is 44.1 Å². The van der Waals surface area contributed by atoms with E-state index < -0.39 is 0 Å². The van der Waals surface area contributed by atoms with Crippen molar-refractivity contribution in [2.45, 2.75) is 38.5 Å². The highest BCUT2D eigenvalue weighted by Crippen LogP contribution is 2.32. The van der Waals surface area contributed by atoms with E-state index in [1.165, 1.54) is 12.8 Å². The van der Waals surface area contributed by atoms with E-state index in [9.17, 15) is 4.79 Å². The first-order chi connectivity index (χ1) is 8.61. The van der Waals surface area contributed by atoms with Gasteiger partial charge in [0.05, 0.1) is 16.4 Å². The second-order valence-corrected chi connectivity index (χ2v) is 5.38. The van der Waals surface area contributed by atoms with Gasteiger partial charge in [0.15, 0.2) is 0 Å². The van der Waals surface area contributed by atoms with Gasteiger partial charge >= 0.3 is 5.69 Å². The normalized spacial score (nSPS) is 14.8. The minimum absolute atomic E-state index is 0.000600. The molecule has 1 heterocycles. The zero-order valence-corrected chi connectivity index (χ0v) is 11.6. The summed E-state index contributed by atoms with van der Waals surface area (Å²) >= 11 is 6.50. The van der Waals surface area contributed by atoms with Crippen LogP contribution in [-0.4, -0.2) is 9.97 Å². The number of alkyl halides is 1. The Morgan fingerprint density at radius 1 is 1.28 bits per heavy atom. The molecule has 1 aromatic carbocycles. The van der Waals surface area contributed by atoms with Crippen LogP contribution < -0.4 is 5.69 Å². The molecule has 0 aliphatic carbocycles. The monoisotopic (exact) mass is 266 g/mol. The molecule has 2 unspecified atom stereocenters. The average molecular weight is 267 g/mol. The second kappa shape index (κ2) is 5.61. The topological polar surface area (TPSA) is 48.6 Å². The second-order valence-electron chi connectivity index (χ2n) is 4.91. The van der Waals surface area contributed by atoms with Gasteiger partial charge in [0, 0.05) is 0 Å². The molecule has 2 N–H and O–H groups in total. The van der Waals surface area contributed by atoms with E-state index in [2.05, 4.69) is 23.8 Å². The van der Waals surface area contributed by atoms with Crippen LogP contribution >= 0.6 is 11.6 Å². The lowest BCUT2D eigenvalue weighted by atomic mass is 9.95. The summed E-state index contributed by atoms with van der Waals surface area (Å²) in [5.41, 5.74) is 2.55. The summed E-state index contributed by atoms with van der Waals surface area (Å²) in [5, 5.41) is -0.000600. The van der Waals surface area contributed by atoms with Crippen molar-refractivity contribution in [1.29, 1.82) is 0 Å². The van der Waals surface area contributed by atoms with Gasteiger partial charge in [-0.2, -0.15) is 0 Å². The van der Waals surface area contributed by atoms with Gasteiger partial charge in [-0.1, -0.05) is 32.8 Å². The number of imidazole rings is 1. The number of fused-ring (bicyclic) bond motifs is 1. The number of halogens is 1. The van der Waals surface area contributed by atoms with Crippen LogP contribution in [0, 0.1) is 5.92 Å². The molecule has 0 saturated heterocycles. The summed E-state index contributed by atoms with van der Waals surface area (Å²) in [7, 11) is 0. The number of H-pyrrole nitrogens is 2. The number of aromatic amines is 2. The molecule has 0 bridgehead atoms. The van der Waals surface area contributed by atoms with E-state index in [-0.39, 0.29) is 11.1 Å². The van der Waals surface area contributed by atoms with Crippen molar-refractivity contribution in [2.24, 2.45) is 5.92 Å². The number of unbranched alkanes of at least 4 members (excludes halogenated alkanes) is 1. The van der Waals surface area contributed by atoms with Gasteiger partial charge < -0.3 is 9.97 Å². The van der Waals surface area contributed by atoms with Gasteiger partial charge in [-0.05, 0) is 30.0 Å². The van der Waals surface area contributed by atoms with E-state index in [1.54, 1.807) is 0 Å². The molecule has 2 atom stereocenters. The summed E-state index contributed by atoms with van der Waals surface area (Å²) in [5.74, 6) is 0.440.